The molecule has 1 aromatic heterocycles. The van der Waals surface area contributed by atoms with Crippen molar-refractivity contribution in [1.29, 1.82) is 0 Å². The Balaban J connectivity index is 1.69. The molecule has 1 heterocycles. The number of ether oxygens (including phenoxy) is 1. The summed E-state index contributed by atoms with van der Waals surface area (Å²) in [4.78, 5) is 48.7. The van der Waals surface area contributed by atoms with Crippen LogP contribution in [0.1, 0.15) is 47.2 Å². The minimum absolute atomic E-state index is 0.0803. The van der Waals surface area contributed by atoms with E-state index in [2.05, 4.69) is 16.0 Å². The molecule has 1 aliphatic rings. The number of rotatable bonds is 6. The second-order valence-electron chi connectivity index (χ2n) is 6.17. The molecule has 1 saturated carbocycles. The van der Waals surface area contributed by atoms with Crippen LogP contribution in [0, 0.1) is 6.92 Å². The number of nitrogens with one attached hydrogen (secondary N) is 3. The second-order valence-corrected chi connectivity index (χ2v) is 7.46. The van der Waals surface area contributed by atoms with Crippen molar-refractivity contribution in [2.45, 2.75) is 51.7 Å². The quantitative estimate of drug-likeness (QED) is 0.646. The lowest BCUT2D eigenvalue weighted by Gasteiger charge is -2.15. The highest BCUT2D eigenvalue weighted by molar-refractivity contribution is 7.13. The molecule has 9 heteroatoms. The Morgan fingerprint density at radius 1 is 1.23 bits per heavy atom. The van der Waals surface area contributed by atoms with E-state index in [1.165, 1.54) is 18.3 Å². The van der Waals surface area contributed by atoms with Crippen LogP contribution < -0.4 is 16.0 Å². The third-order valence-corrected chi connectivity index (χ3v) is 4.96. The van der Waals surface area contributed by atoms with Crippen molar-refractivity contribution < 1.29 is 23.9 Å². The molecule has 1 aliphatic carbocycles. The molecule has 1 atom stereocenters. The van der Waals surface area contributed by atoms with Crippen LogP contribution in [0.4, 0.5) is 4.79 Å². The Kier molecular flexibility index (Phi) is 7.14. The number of hydrogen-bond acceptors (Lipinski definition) is 6. The predicted octanol–water partition coefficient (Wildman–Crippen LogP) is 1.49. The van der Waals surface area contributed by atoms with Crippen molar-refractivity contribution in [3.8, 4) is 0 Å². The van der Waals surface area contributed by atoms with Crippen molar-refractivity contribution >= 4 is 35.2 Å². The molecule has 0 saturated heterocycles. The lowest BCUT2D eigenvalue weighted by atomic mass is 10.2. The Hall–Kier alpha value is -2.42. The van der Waals surface area contributed by atoms with Gasteiger partial charge in [0.15, 0.2) is 6.10 Å². The number of amides is 4. The molecule has 4 amide bonds. The van der Waals surface area contributed by atoms with Gasteiger partial charge in [-0.25, -0.2) is 4.79 Å². The molecular weight excluding hydrogens is 358 g/mol. The number of aryl methyl sites for hydroxylation is 1. The van der Waals surface area contributed by atoms with E-state index in [1.54, 1.807) is 12.1 Å². The molecule has 0 radical (unpaired) electrons. The van der Waals surface area contributed by atoms with Gasteiger partial charge in [0.05, 0.1) is 4.88 Å². The highest BCUT2D eigenvalue weighted by Crippen LogP contribution is 2.17. The van der Waals surface area contributed by atoms with E-state index in [4.69, 9.17) is 4.74 Å². The standard InChI is InChI=1S/C17H23N3O5S/c1-10-7-8-13(26-10)16(23)18-9-14(21)25-11(2)15(22)20-17(24)19-12-5-3-4-6-12/h7-8,11-12H,3-6,9H2,1-2H3,(H,18,23)(H2,19,20,22,24). The van der Waals surface area contributed by atoms with E-state index in [0.717, 1.165) is 30.6 Å². The summed E-state index contributed by atoms with van der Waals surface area (Å²) in [5.41, 5.74) is 0. The van der Waals surface area contributed by atoms with Gasteiger partial charge >= 0.3 is 12.0 Å². The smallest absolute Gasteiger partial charge is 0.326 e. The topological polar surface area (TPSA) is 114 Å². The second kappa shape index (κ2) is 9.33. The SMILES string of the molecule is Cc1ccc(C(=O)NCC(=O)OC(C)C(=O)NC(=O)NC2CCCC2)s1. The molecule has 8 nitrogen and oxygen atoms in total. The van der Waals surface area contributed by atoms with Crippen molar-refractivity contribution in [2.24, 2.45) is 0 Å². The maximum atomic E-state index is 11.9. The summed E-state index contributed by atoms with van der Waals surface area (Å²) in [6.45, 7) is 2.88. The Morgan fingerprint density at radius 3 is 2.54 bits per heavy atom. The number of hydrogen-bond donors (Lipinski definition) is 3. The third-order valence-electron chi connectivity index (χ3n) is 3.96. The van der Waals surface area contributed by atoms with Crippen LogP contribution in [0.5, 0.6) is 0 Å². The van der Waals surface area contributed by atoms with E-state index in [1.807, 2.05) is 6.92 Å². The first-order valence-corrected chi connectivity index (χ1v) is 9.32. The van der Waals surface area contributed by atoms with Gasteiger partial charge < -0.3 is 15.4 Å². The molecule has 0 aliphatic heterocycles. The first-order chi connectivity index (χ1) is 12.3. The van der Waals surface area contributed by atoms with Crippen molar-refractivity contribution in [1.82, 2.24) is 16.0 Å². The number of carbonyl (C=O) groups excluding carboxylic acids is 4. The highest BCUT2D eigenvalue weighted by atomic mass is 32.1. The zero-order valence-corrected chi connectivity index (χ0v) is 15.6. The number of thiophene rings is 1. The third kappa shape index (κ3) is 6.14. The zero-order valence-electron chi connectivity index (χ0n) is 14.8. The summed E-state index contributed by atoms with van der Waals surface area (Å²) in [5, 5.41) is 7.30. The summed E-state index contributed by atoms with van der Waals surface area (Å²) in [6.07, 6.45) is 2.77. The Bertz CT molecular complexity index is 682. The summed E-state index contributed by atoms with van der Waals surface area (Å²) < 4.78 is 4.93. The normalized spacial score (nSPS) is 15.2. The van der Waals surface area contributed by atoms with Gasteiger partial charge in [0.1, 0.15) is 6.54 Å². The Morgan fingerprint density at radius 2 is 1.92 bits per heavy atom. The molecule has 1 fully saturated rings. The summed E-state index contributed by atoms with van der Waals surface area (Å²) in [5.74, 6) is -1.85. The van der Waals surface area contributed by atoms with Crippen LogP contribution in [0.25, 0.3) is 0 Å². The van der Waals surface area contributed by atoms with E-state index < -0.39 is 24.0 Å². The first-order valence-electron chi connectivity index (χ1n) is 8.50. The fourth-order valence-electron chi connectivity index (χ4n) is 2.59. The van der Waals surface area contributed by atoms with E-state index >= 15 is 0 Å². The van der Waals surface area contributed by atoms with Crippen LogP contribution in [-0.4, -0.2) is 42.5 Å². The number of esters is 1. The minimum Gasteiger partial charge on any atom is -0.451 e. The molecule has 0 bridgehead atoms. The van der Waals surface area contributed by atoms with Crippen LogP contribution in [0.2, 0.25) is 0 Å². The molecule has 26 heavy (non-hydrogen) atoms. The first kappa shape index (κ1) is 19.9. The number of urea groups is 1. The average Bonchev–Trinajstić information content (AvgIpc) is 3.24. The van der Waals surface area contributed by atoms with E-state index in [-0.39, 0.29) is 18.5 Å². The van der Waals surface area contributed by atoms with E-state index in [0.29, 0.717) is 4.88 Å². The van der Waals surface area contributed by atoms with E-state index in [9.17, 15) is 19.2 Å². The lowest BCUT2D eigenvalue weighted by Crippen LogP contribution is -2.47. The largest absolute Gasteiger partial charge is 0.451 e. The molecule has 142 valence electrons. The minimum atomic E-state index is -1.14. The summed E-state index contributed by atoms with van der Waals surface area (Å²) in [6, 6.07) is 2.96. The highest BCUT2D eigenvalue weighted by Gasteiger charge is 2.23. The predicted molar refractivity (Wildman–Crippen MR) is 95.9 cm³/mol. The van der Waals surface area contributed by atoms with Crippen molar-refractivity contribution in [2.75, 3.05) is 6.54 Å². The van der Waals surface area contributed by atoms with Gasteiger partial charge in [-0.2, -0.15) is 0 Å². The van der Waals surface area contributed by atoms with Crippen LogP contribution in [-0.2, 0) is 14.3 Å². The van der Waals surface area contributed by atoms with Crippen LogP contribution in [0.3, 0.4) is 0 Å². The maximum absolute atomic E-state index is 11.9. The van der Waals surface area contributed by atoms with Gasteiger partial charge in [0.2, 0.25) is 0 Å². The molecule has 1 aromatic rings. The van der Waals surface area contributed by atoms with Gasteiger partial charge in [-0.3, -0.25) is 19.7 Å². The van der Waals surface area contributed by atoms with Gasteiger partial charge in [0, 0.05) is 10.9 Å². The molecule has 3 N–H and O–H groups in total. The van der Waals surface area contributed by atoms with Crippen LogP contribution >= 0.6 is 11.3 Å². The lowest BCUT2D eigenvalue weighted by molar-refractivity contribution is -0.153. The van der Waals surface area contributed by atoms with Crippen molar-refractivity contribution in [3.63, 3.8) is 0 Å². The molecular formula is C17H23N3O5S. The van der Waals surface area contributed by atoms with Gasteiger partial charge in [0.25, 0.3) is 11.8 Å². The average molecular weight is 381 g/mol. The van der Waals surface area contributed by atoms with Gasteiger partial charge in [-0.05, 0) is 38.8 Å². The molecule has 1 unspecified atom stereocenters. The summed E-state index contributed by atoms with van der Waals surface area (Å²) in [7, 11) is 0. The summed E-state index contributed by atoms with van der Waals surface area (Å²) >= 11 is 1.31. The van der Waals surface area contributed by atoms with Crippen LogP contribution in [0.15, 0.2) is 12.1 Å². The monoisotopic (exact) mass is 381 g/mol. The number of carbonyl (C=O) groups is 4. The molecule has 0 aromatic carbocycles. The fraction of sp³-hybridized carbons (Fsp3) is 0.529. The fourth-order valence-corrected chi connectivity index (χ4v) is 3.38. The van der Waals surface area contributed by atoms with Gasteiger partial charge in [-0.15, -0.1) is 11.3 Å². The zero-order chi connectivity index (χ0) is 19.1. The number of imide groups is 1. The maximum Gasteiger partial charge on any atom is 0.326 e. The van der Waals surface area contributed by atoms with Crippen molar-refractivity contribution in [3.05, 3.63) is 21.9 Å². The van der Waals surface area contributed by atoms with Gasteiger partial charge in [-0.1, -0.05) is 12.8 Å². The molecule has 2 rings (SSSR count). The Labute approximate surface area is 155 Å². The molecule has 0 spiro atoms.